The number of para-hydroxylation sites is 1. The maximum Gasteiger partial charge on any atom is 0.264 e. The maximum atomic E-state index is 13.4. The van der Waals surface area contributed by atoms with Gasteiger partial charge in [0.2, 0.25) is 0 Å². The lowest BCUT2D eigenvalue weighted by Gasteiger charge is -2.23. The summed E-state index contributed by atoms with van der Waals surface area (Å²) in [6, 6.07) is 20.6. The summed E-state index contributed by atoms with van der Waals surface area (Å²) in [6.07, 6.45) is -0.280. The van der Waals surface area contributed by atoms with Crippen molar-refractivity contribution in [3.8, 4) is 0 Å². The first-order valence-electron chi connectivity index (χ1n) is 10.1. The summed E-state index contributed by atoms with van der Waals surface area (Å²) >= 11 is 0. The van der Waals surface area contributed by atoms with E-state index in [1.165, 1.54) is 0 Å². The largest absolute Gasteiger partial charge is 0.375 e. The third-order valence-electron chi connectivity index (χ3n) is 5.98. The third-order valence-corrected chi connectivity index (χ3v) is 5.98. The Morgan fingerprint density at radius 3 is 2.27 bits per heavy atom. The normalized spacial score (nSPS) is 17.9. The van der Waals surface area contributed by atoms with Gasteiger partial charge in [0.05, 0.1) is 18.7 Å². The van der Waals surface area contributed by atoms with Crippen LogP contribution in [0.3, 0.4) is 0 Å². The van der Waals surface area contributed by atoms with Crippen molar-refractivity contribution in [1.29, 1.82) is 0 Å². The molecule has 3 aromatic carbocycles. The lowest BCUT2D eigenvalue weighted by Crippen LogP contribution is -2.41. The predicted molar refractivity (Wildman–Crippen MR) is 118 cm³/mol. The standard InChI is InChI=1S/C26H25NO3/c1-17-13-19(3)21(14-18(17)2)24(28)15-26(30)22-11-7-8-12-23(22)27(25(26)29)16-20-9-5-4-6-10-20/h4-14,30H,15-16H2,1-3H3/t26-/m1/s1. The van der Waals surface area contributed by atoms with Gasteiger partial charge in [0.15, 0.2) is 11.4 Å². The van der Waals surface area contributed by atoms with Crippen molar-refractivity contribution in [2.75, 3.05) is 4.90 Å². The summed E-state index contributed by atoms with van der Waals surface area (Å²) in [6.45, 7) is 6.19. The van der Waals surface area contributed by atoms with Crippen LogP contribution in [-0.4, -0.2) is 16.8 Å². The molecule has 4 rings (SSSR count). The van der Waals surface area contributed by atoms with E-state index in [4.69, 9.17) is 0 Å². The first-order valence-corrected chi connectivity index (χ1v) is 10.1. The molecule has 1 aliphatic rings. The summed E-state index contributed by atoms with van der Waals surface area (Å²) in [5.74, 6) is -0.690. The lowest BCUT2D eigenvalue weighted by atomic mass is 9.86. The number of rotatable bonds is 5. The number of fused-ring (bicyclic) bond motifs is 1. The maximum absolute atomic E-state index is 13.4. The van der Waals surface area contributed by atoms with Crippen LogP contribution < -0.4 is 4.90 Å². The molecule has 0 spiro atoms. The van der Waals surface area contributed by atoms with Crippen molar-refractivity contribution >= 4 is 17.4 Å². The molecule has 30 heavy (non-hydrogen) atoms. The van der Waals surface area contributed by atoms with Gasteiger partial charge < -0.3 is 10.0 Å². The van der Waals surface area contributed by atoms with E-state index in [-0.39, 0.29) is 12.2 Å². The summed E-state index contributed by atoms with van der Waals surface area (Å²) in [5.41, 5.74) is 3.76. The fourth-order valence-corrected chi connectivity index (χ4v) is 4.19. The first-order chi connectivity index (χ1) is 14.3. The van der Waals surface area contributed by atoms with Crippen LogP contribution in [0.1, 0.15) is 44.6 Å². The molecule has 0 aliphatic carbocycles. The van der Waals surface area contributed by atoms with Crippen LogP contribution in [0.2, 0.25) is 0 Å². The van der Waals surface area contributed by atoms with Crippen LogP contribution in [0.5, 0.6) is 0 Å². The van der Waals surface area contributed by atoms with Gasteiger partial charge in [-0.1, -0.05) is 54.6 Å². The molecular formula is C26H25NO3. The molecule has 3 aromatic rings. The number of amides is 1. The van der Waals surface area contributed by atoms with Gasteiger partial charge >= 0.3 is 0 Å². The molecule has 1 amide bonds. The van der Waals surface area contributed by atoms with Crippen molar-refractivity contribution in [2.45, 2.75) is 39.3 Å². The summed E-state index contributed by atoms with van der Waals surface area (Å²) in [7, 11) is 0. The number of hydrogen-bond donors (Lipinski definition) is 1. The van der Waals surface area contributed by atoms with Gasteiger partial charge in [-0.3, -0.25) is 9.59 Å². The number of aryl methyl sites for hydroxylation is 3. The van der Waals surface area contributed by atoms with Gasteiger partial charge in [-0.25, -0.2) is 0 Å². The molecule has 0 fully saturated rings. The minimum absolute atomic E-state index is 0.234. The number of nitrogens with zero attached hydrogens (tertiary/aromatic N) is 1. The van der Waals surface area contributed by atoms with E-state index < -0.39 is 11.5 Å². The molecule has 0 saturated heterocycles. The Balaban J connectivity index is 1.70. The molecule has 0 bridgehead atoms. The number of aliphatic hydroxyl groups is 1. The highest BCUT2D eigenvalue weighted by Gasteiger charge is 2.50. The number of benzene rings is 3. The SMILES string of the molecule is Cc1cc(C)c(C(=O)C[C@]2(O)C(=O)N(Cc3ccccc3)c3ccccc32)cc1C. The number of carbonyl (C=O) groups is 2. The molecule has 1 heterocycles. The van der Waals surface area contributed by atoms with Gasteiger partial charge in [-0.05, 0) is 55.2 Å². The van der Waals surface area contributed by atoms with Crippen LogP contribution in [0, 0.1) is 20.8 Å². The van der Waals surface area contributed by atoms with Crippen molar-refractivity contribution in [3.63, 3.8) is 0 Å². The van der Waals surface area contributed by atoms with Gasteiger partial charge in [0.25, 0.3) is 5.91 Å². The van der Waals surface area contributed by atoms with Crippen LogP contribution in [0.4, 0.5) is 5.69 Å². The van der Waals surface area contributed by atoms with Gasteiger partial charge in [-0.15, -0.1) is 0 Å². The fourth-order valence-electron chi connectivity index (χ4n) is 4.19. The molecule has 152 valence electrons. The second-order valence-electron chi connectivity index (χ2n) is 8.11. The highest BCUT2D eigenvalue weighted by molar-refractivity contribution is 6.11. The zero-order valence-electron chi connectivity index (χ0n) is 17.5. The minimum Gasteiger partial charge on any atom is -0.375 e. The third kappa shape index (κ3) is 3.33. The number of ketones is 1. The van der Waals surface area contributed by atoms with E-state index in [1.54, 1.807) is 17.0 Å². The summed E-state index contributed by atoms with van der Waals surface area (Å²) < 4.78 is 0. The summed E-state index contributed by atoms with van der Waals surface area (Å²) in [4.78, 5) is 28.1. The number of hydrogen-bond acceptors (Lipinski definition) is 3. The highest BCUT2D eigenvalue weighted by atomic mass is 16.3. The van der Waals surface area contributed by atoms with E-state index >= 15 is 0 Å². The highest BCUT2D eigenvalue weighted by Crippen LogP contribution is 2.43. The van der Waals surface area contributed by atoms with Crippen molar-refractivity contribution in [3.05, 3.63) is 100 Å². The molecule has 4 heteroatoms. The van der Waals surface area contributed by atoms with E-state index in [1.807, 2.05) is 75.4 Å². The predicted octanol–water partition coefficient (Wildman–Crippen LogP) is 4.62. The van der Waals surface area contributed by atoms with E-state index in [0.717, 1.165) is 22.3 Å². The minimum atomic E-state index is -1.87. The van der Waals surface area contributed by atoms with Crippen LogP contribution in [-0.2, 0) is 16.9 Å². The molecule has 1 N–H and O–H groups in total. The Bertz CT molecular complexity index is 1140. The topological polar surface area (TPSA) is 57.6 Å². The summed E-state index contributed by atoms with van der Waals surface area (Å²) in [5, 5.41) is 11.5. The molecule has 0 unspecified atom stereocenters. The Labute approximate surface area is 176 Å². The van der Waals surface area contributed by atoms with Crippen molar-refractivity contribution < 1.29 is 14.7 Å². The van der Waals surface area contributed by atoms with Gasteiger partial charge in [-0.2, -0.15) is 0 Å². The molecule has 0 radical (unpaired) electrons. The second kappa shape index (κ2) is 7.54. The van der Waals surface area contributed by atoms with Crippen LogP contribution in [0.15, 0.2) is 66.7 Å². The zero-order chi connectivity index (χ0) is 21.5. The Hall–Kier alpha value is -3.24. The van der Waals surface area contributed by atoms with E-state index in [2.05, 4.69) is 0 Å². The Kier molecular flexibility index (Phi) is 5.04. The smallest absolute Gasteiger partial charge is 0.264 e. The van der Waals surface area contributed by atoms with Crippen LogP contribution in [0.25, 0.3) is 0 Å². The first kappa shape index (κ1) is 20.0. The number of anilines is 1. The molecule has 1 atom stereocenters. The van der Waals surface area contributed by atoms with Crippen molar-refractivity contribution in [1.82, 2.24) is 0 Å². The number of carbonyl (C=O) groups excluding carboxylic acids is 2. The lowest BCUT2D eigenvalue weighted by molar-refractivity contribution is -0.136. The molecule has 4 nitrogen and oxygen atoms in total. The van der Waals surface area contributed by atoms with Crippen molar-refractivity contribution in [2.24, 2.45) is 0 Å². The van der Waals surface area contributed by atoms with E-state index in [9.17, 15) is 14.7 Å². The van der Waals surface area contributed by atoms with Crippen LogP contribution >= 0.6 is 0 Å². The quantitative estimate of drug-likeness (QED) is 0.637. The molecular weight excluding hydrogens is 374 g/mol. The fraction of sp³-hybridized carbons (Fsp3) is 0.231. The average Bonchev–Trinajstić information content (AvgIpc) is 2.93. The molecule has 0 saturated carbocycles. The zero-order valence-corrected chi connectivity index (χ0v) is 17.5. The molecule has 1 aliphatic heterocycles. The molecule has 0 aromatic heterocycles. The number of Topliss-reactive ketones (excluding diaryl/α,β-unsaturated/α-hetero) is 1. The van der Waals surface area contributed by atoms with E-state index in [0.29, 0.717) is 23.4 Å². The average molecular weight is 399 g/mol. The Morgan fingerprint density at radius 1 is 0.900 bits per heavy atom. The monoisotopic (exact) mass is 399 g/mol. The second-order valence-corrected chi connectivity index (χ2v) is 8.11. The Morgan fingerprint density at radius 2 is 1.53 bits per heavy atom. The van der Waals surface area contributed by atoms with Gasteiger partial charge in [0.1, 0.15) is 0 Å². The van der Waals surface area contributed by atoms with Gasteiger partial charge in [0, 0.05) is 11.1 Å².